The molecule has 19 heavy (non-hydrogen) atoms. The highest BCUT2D eigenvalue weighted by Gasteiger charge is 2.45. The van der Waals surface area contributed by atoms with Gasteiger partial charge in [-0.3, -0.25) is 0 Å². The zero-order valence-corrected chi connectivity index (χ0v) is 13.6. The van der Waals surface area contributed by atoms with Crippen LogP contribution in [0.2, 0.25) is 0 Å². The van der Waals surface area contributed by atoms with E-state index < -0.39 is 0 Å². The van der Waals surface area contributed by atoms with Crippen LogP contribution in [0, 0.1) is 28.6 Å². The first-order chi connectivity index (χ1) is 8.79. The third kappa shape index (κ3) is 3.00. The molecule has 3 N–H and O–H groups in total. The maximum atomic E-state index is 6.24. The molecule has 0 aliphatic heterocycles. The Morgan fingerprint density at radius 2 is 1.84 bits per heavy atom. The molecule has 0 saturated heterocycles. The second-order valence-electron chi connectivity index (χ2n) is 8.20. The van der Waals surface area contributed by atoms with Crippen LogP contribution < -0.4 is 11.1 Å². The Morgan fingerprint density at radius 1 is 1.21 bits per heavy atom. The lowest BCUT2D eigenvalue weighted by atomic mass is 9.61. The summed E-state index contributed by atoms with van der Waals surface area (Å²) in [5.74, 6) is 2.24. The van der Waals surface area contributed by atoms with E-state index in [0.29, 0.717) is 22.8 Å². The first-order valence-corrected chi connectivity index (χ1v) is 8.26. The van der Waals surface area contributed by atoms with Crippen molar-refractivity contribution in [3.63, 3.8) is 0 Å². The van der Waals surface area contributed by atoms with Crippen LogP contribution in [-0.4, -0.2) is 19.1 Å². The molecular weight excluding hydrogens is 232 g/mol. The van der Waals surface area contributed by atoms with Gasteiger partial charge in [0.1, 0.15) is 0 Å². The number of hydrogen-bond acceptors (Lipinski definition) is 2. The van der Waals surface area contributed by atoms with E-state index in [1.54, 1.807) is 0 Å². The first-order valence-electron chi connectivity index (χ1n) is 8.26. The molecule has 2 nitrogen and oxygen atoms in total. The Morgan fingerprint density at radius 3 is 2.37 bits per heavy atom. The minimum absolute atomic E-state index is 0.374. The molecule has 2 aliphatic rings. The van der Waals surface area contributed by atoms with Gasteiger partial charge in [0.15, 0.2) is 0 Å². The van der Waals surface area contributed by atoms with E-state index in [0.717, 1.165) is 11.8 Å². The predicted molar refractivity (Wildman–Crippen MR) is 83.0 cm³/mol. The van der Waals surface area contributed by atoms with Crippen molar-refractivity contribution < 1.29 is 0 Å². The molecule has 2 heteroatoms. The quantitative estimate of drug-likeness (QED) is 0.800. The highest BCUT2D eigenvalue weighted by molar-refractivity contribution is 4.98. The average molecular weight is 266 g/mol. The zero-order chi connectivity index (χ0) is 14.3. The van der Waals surface area contributed by atoms with E-state index in [9.17, 15) is 0 Å². The Balaban J connectivity index is 1.83. The highest BCUT2D eigenvalue weighted by Crippen LogP contribution is 2.51. The van der Waals surface area contributed by atoms with Gasteiger partial charge in [-0.05, 0) is 60.8 Å². The molecule has 2 saturated carbocycles. The maximum Gasteiger partial charge on any atom is 0.00698 e. The van der Waals surface area contributed by atoms with E-state index in [1.165, 1.54) is 38.8 Å². The van der Waals surface area contributed by atoms with Crippen molar-refractivity contribution >= 4 is 0 Å². The average Bonchev–Trinajstić information content (AvgIpc) is 3.11. The van der Waals surface area contributed by atoms with Crippen LogP contribution in [0.25, 0.3) is 0 Å². The summed E-state index contributed by atoms with van der Waals surface area (Å²) in [6.07, 6.45) is 5.34. The summed E-state index contributed by atoms with van der Waals surface area (Å²) in [5, 5.41) is 3.79. The van der Waals surface area contributed by atoms with Crippen LogP contribution in [0.4, 0.5) is 0 Å². The van der Waals surface area contributed by atoms with Gasteiger partial charge in [0, 0.05) is 12.6 Å². The molecule has 2 fully saturated rings. The predicted octanol–water partition coefficient (Wildman–Crippen LogP) is 3.41. The van der Waals surface area contributed by atoms with Gasteiger partial charge >= 0.3 is 0 Å². The van der Waals surface area contributed by atoms with Crippen molar-refractivity contribution in [1.82, 2.24) is 5.32 Å². The molecule has 0 spiro atoms. The summed E-state index contributed by atoms with van der Waals surface area (Å²) in [6.45, 7) is 14.3. The van der Waals surface area contributed by atoms with E-state index in [-0.39, 0.29) is 0 Å². The fourth-order valence-electron chi connectivity index (χ4n) is 3.92. The Kier molecular flexibility index (Phi) is 4.32. The normalized spacial score (nSPS) is 36.5. The lowest BCUT2D eigenvalue weighted by molar-refractivity contribution is 0.0529. The van der Waals surface area contributed by atoms with Gasteiger partial charge in [0.2, 0.25) is 0 Å². The third-order valence-corrected chi connectivity index (χ3v) is 6.70. The van der Waals surface area contributed by atoms with Crippen molar-refractivity contribution in [1.29, 1.82) is 0 Å². The Labute approximate surface area is 119 Å². The molecular formula is C17H34N2. The topological polar surface area (TPSA) is 38.0 Å². The largest absolute Gasteiger partial charge is 0.327 e. The first kappa shape index (κ1) is 15.3. The maximum absolute atomic E-state index is 6.24. The van der Waals surface area contributed by atoms with Crippen LogP contribution in [0.5, 0.6) is 0 Å². The molecule has 0 aromatic heterocycles. The summed E-state index contributed by atoms with van der Waals surface area (Å²) in [4.78, 5) is 0. The molecule has 0 radical (unpaired) electrons. The van der Waals surface area contributed by atoms with Crippen molar-refractivity contribution in [3.05, 3.63) is 0 Å². The molecule has 0 aromatic rings. The molecule has 0 heterocycles. The monoisotopic (exact) mass is 266 g/mol. The Hall–Kier alpha value is -0.0800. The third-order valence-electron chi connectivity index (χ3n) is 6.70. The molecule has 0 bridgehead atoms. The van der Waals surface area contributed by atoms with Crippen LogP contribution in [0.1, 0.15) is 60.3 Å². The minimum atomic E-state index is 0.374. The highest BCUT2D eigenvalue weighted by atomic mass is 14.9. The van der Waals surface area contributed by atoms with Crippen molar-refractivity contribution in [2.24, 2.45) is 34.3 Å². The van der Waals surface area contributed by atoms with Crippen LogP contribution in [0.3, 0.4) is 0 Å². The number of rotatable bonds is 5. The summed E-state index contributed by atoms with van der Waals surface area (Å²) in [7, 11) is 0. The lowest BCUT2D eigenvalue weighted by Gasteiger charge is -2.47. The molecule has 112 valence electrons. The van der Waals surface area contributed by atoms with Gasteiger partial charge in [0.25, 0.3) is 0 Å². The van der Waals surface area contributed by atoms with Gasteiger partial charge < -0.3 is 11.1 Å². The van der Waals surface area contributed by atoms with Gasteiger partial charge in [-0.2, -0.15) is 0 Å². The fourth-order valence-corrected chi connectivity index (χ4v) is 3.92. The molecule has 2 rings (SSSR count). The summed E-state index contributed by atoms with van der Waals surface area (Å²) in [5.41, 5.74) is 7.24. The smallest absolute Gasteiger partial charge is 0.00698 e. The Bertz CT molecular complexity index is 304. The number of hydrogen-bond donors (Lipinski definition) is 2. The van der Waals surface area contributed by atoms with E-state index >= 15 is 0 Å². The van der Waals surface area contributed by atoms with Gasteiger partial charge in [-0.1, -0.05) is 34.6 Å². The van der Waals surface area contributed by atoms with Gasteiger partial charge in [-0.15, -0.1) is 0 Å². The number of nitrogens with two attached hydrogens (primary N) is 1. The van der Waals surface area contributed by atoms with Crippen LogP contribution in [0.15, 0.2) is 0 Å². The van der Waals surface area contributed by atoms with Crippen molar-refractivity contribution in [3.8, 4) is 0 Å². The minimum Gasteiger partial charge on any atom is -0.327 e. The van der Waals surface area contributed by atoms with Gasteiger partial charge in [-0.25, -0.2) is 0 Å². The van der Waals surface area contributed by atoms with Gasteiger partial charge in [0.05, 0.1) is 0 Å². The van der Waals surface area contributed by atoms with Crippen LogP contribution >= 0.6 is 0 Å². The standard InChI is InChI=1S/C17H34N2/c1-12(2)17(8-9-17)11-19-10-14-6-7-15(18)13(3)16(14,4)5/h12-15,19H,6-11,18H2,1-5H3. The zero-order valence-electron chi connectivity index (χ0n) is 13.6. The van der Waals surface area contributed by atoms with Crippen molar-refractivity contribution in [2.45, 2.75) is 66.3 Å². The molecule has 0 aromatic carbocycles. The van der Waals surface area contributed by atoms with E-state index in [4.69, 9.17) is 5.73 Å². The lowest BCUT2D eigenvalue weighted by Crippen LogP contribution is -2.49. The SMILES string of the molecule is CC(C)C1(CNCC2CCC(N)C(C)C2(C)C)CC1. The van der Waals surface area contributed by atoms with Crippen LogP contribution in [-0.2, 0) is 0 Å². The fraction of sp³-hybridized carbons (Fsp3) is 1.00. The number of nitrogens with one attached hydrogen (secondary N) is 1. The molecule has 2 aliphatic carbocycles. The van der Waals surface area contributed by atoms with Crippen molar-refractivity contribution in [2.75, 3.05) is 13.1 Å². The summed E-state index contributed by atoms with van der Waals surface area (Å²) < 4.78 is 0. The molecule has 0 amide bonds. The summed E-state index contributed by atoms with van der Waals surface area (Å²) in [6, 6.07) is 0.400. The summed E-state index contributed by atoms with van der Waals surface area (Å²) >= 11 is 0. The molecule has 3 atom stereocenters. The molecule has 3 unspecified atom stereocenters. The van der Waals surface area contributed by atoms with E-state index in [1.807, 2.05) is 0 Å². The second kappa shape index (κ2) is 5.37. The van der Waals surface area contributed by atoms with E-state index in [2.05, 4.69) is 39.9 Å². The second-order valence-corrected chi connectivity index (χ2v) is 8.20.